The number of likely N-dealkylation sites (tertiary alicyclic amines) is 1. The molecular formula is C23H28N4O3. The van der Waals surface area contributed by atoms with Gasteiger partial charge in [0.15, 0.2) is 5.82 Å². The lowest BCUT2D eigenvalue weighted by atomic mass is 9.83. The molecule has 1 spiro atoms. The highest BCUT2D eigenvalue weighted by Gasteiger charge is 2.43. The van der Waals surface area contributed by atoms with Crippen LogP contribution in [0.15, 0.2) is 36.5 Å². The summed E-state index contributed by atoms with van der Waals surface area (Å²) in [5.41, 5.74) is 2.90. The molecule has 4 heterocycles. The van der Waals surface area contributed by atoms with Crippen molar-refractivity contribution in [3.8, 4) is 11.4 Å². The van der Waals surface area contributed by atoms with Crippen molar-refractivity contribution < 1.29 is 14.3 Å². The largest absolute Gasteiger partial charge is 0.378 e. The molecule has 158 valence electrons. The maximum absolute atomic E-state index is 12.6. The number of piperidine rings is 1. The number of ether oxygens (including phenoxy) is 2. The van der Waals surface area contributed by atoms with E-state index in [0.717, 1.165) is 49.4 Å². The number of rotatable bonds is 3. The van der Waals surface area contributed by atoms with Crippen molar-refractivity contribution >= 4 is 5.91 Å². The summed E-state index contributed by atoms with van der Waals surface area (Å²) < 4.78 is 11.7. The van der Waals surface area contributed by atoms with Crippen molar-refractivity contribution in [2.75, 3.05) is 52.5 Å². The van der Waals surface area contributed by atoms with Crippen molar-refractivity contribution in [2.45, 2.75) is 24.9 Å². The van der Waals surface area contributed by atoms with Gasteiger partial charge in [-0.1, -0.05) is 30.3 Å². The van der Waals surface area contributed by atoms with Crippen molar-refractivity contribution in [3.63, 3.8) is 0 Å². The van der Waals surface area contributed by atoms with Gasteiger partial charge in [-0.05, 0) is 24.8 Å². The average Bonchev–Trinajstić information content (AvgIpc) is 2.82. The zero-order chi connectivity index (χ0) is 20.4. The van der Waals surface area contributed by atoms with Crippen LogP contribution in [0.5, 0.6) is 0 Å². The molecule has 2 aromatic rings. The van der Waals surface area contributed by atoms with Crippen LogP contribution in [0.1, 0.15) is 24.1 Å². The Bertz CT molecular complexity index is 891. The molecule has 0 bridgehead atoms. The van der Waals surface area contributed by atoms with E-state index in [-0.39, 0.29) is 11.5 Å². The first-order valence-electron chi connectivity index (χ1n) is 10.9. The summed E-state index contributed by atoms with van der Waals surface area (Å²) in [4.78, 5) is 26.4. The van der Waals surface area contributed by atoms with Gasteiger partial charge in [-0.25, -0.2) is 9.97 Å². The van der Waals surface area contributed by atoms with Crippen LogP contribution in [0.3, 0.4) is 0 Å². The van der Waals surface area contributed by atoms with Gasteiger partial charge in [0.25, 0.3) is 0 Å². The third kappa shape index (κ3) is 3.85. The summed E-state index contributed by atoms with van der Waals surface area (Å²) >= 11 is 0. The minimum absolute atomic E-state index is 0.202. The monoisotopic (exact) mass is 408 g/mol. The molecule has 7 heteroatoms. The van der Waals surface area contributed by atoms with Gasteiger partial charge in [0.2, 0.25) is 5.91 Å². The van der Waals surface area contributed by atoms with E-state index < -0.39 is 0 Å². The van der Waals surface area contributed by atoms with E-state index >= 15 is 0 Å². The predicted molar refractivity (Wildman–Crippen MR) is 112 cm³/mol. The number of morpholine rings is 1. The highest BCUT2D eigenvalue weighted by atomic mass is 16.5. The fourth-order valence-corrected chi connectivity index (χ4v) is 4.69. The topological polar surface area (TPSA) is 67.8 Å². The zero-order valence-electron chi connectivity index (χ0n) is 17.3. The maximum atomic E-state index is 12.6. The molecule has 0 atom stereocenters. The Kier molecular flexibility index (Phi) is 5.50. The molecule has 1 aromatic heterocycles. The van der Waals surface area contributed by atoms with E-state index in [4.69, 9.17) is 14.5 Å². The number of fused-ring (bicyclic) bond motifs is 2. The van der Waals surface area contributed by atoms with Crippen molar-refractivity contribution in [3.05, 3.63) is 47.8 Å². The van der Waals surface area contributed by atoms with Crippen molar-refractivity contribution in [1.29, 1.82) is 0 Å². The molecule has 2 fully saturated rings. The molecule has 5 rings (SSSR count). The Morgan fingerprint density at radius 3 is 2.57 bits per heavy atom. The van der Waals surface area contributed by atoms with Gasteiger partial charge >= 0.3 is 0 Å². The molecular weight excluding hydrogens is 380 g/mol. The summed E-state index contributed by atoms with van der Waals surface area (Å²) in [6.45, 7) is 5.53. The molecule has 7 nitrogen and oxygen atoms in total. The zero-order valence-corrected chi connectivity index (χ0v) is 17.3. The molecule has 0 saturated carbocycles. The molecule has 30 heavy (non-hydrogen) atoms. The van der Waals surface area contributed by atoms with E-state index in [0.29, 0.717) is 39.5 Å². The third-order valence-electron chi connectivity index (χ3n) is 6.46. The highest BCUT2D eigenvalue weighted by Crippen LogP contribution is 2.40. The third-order valence-corrected chi connectivity index (χ3v) is 6.46. The summed E-state index contributed by atoms with van der Waals surface area (Å²) in [6, 6.07) is 10.1. The number of carbonyl (C=O) groups is 1. The Hall–Kier alpha value is -2.35. The quantitative estimate of drug-likeness (QED) is 0.772. The van der Waals surface area contributed by atoms with Gasteiger partial charge in [0, 0.05) is 37.9 Å². The van der Waals surface area contributed by atoms with Crippen LogP contribution in [-0.4, -0.2) is 78.2 Å². The lowest BCUT2D eigenvalue weighted by Crippen LogP contribution is -2.51. The van der Waals surface area contributed by atoms with Crippen LogP contribution in [0.25, 0.3) is 11.4 Å². The first kappa shape index (κ1) is 19.6. The highest BCUT2D eigenvalue weighted by molar-refractivity contribution is 5.78. The summed E-state index contributed by atoms with van der Waals surface area (Å²) in [6.07, 6.45) is 4.53. The van der Waals surface area contributed by atoms with Crippen molar-refractivity contribution in [1.82, 2.24) is 19.8 Å². The van der Waals surface area contributed by atoms with E-state index in [1.807, 2.05) is 41.4 Å². The Morgan fingerprint density at radius 1 is 1.03 bits per heavy atom. The number of amides is 1. The second-order valence-corrected chi connectivity index (χ2v) is 8.30. The molecule has 0 aliphatic carbocycles. The van der Waals surface area contributed by atoms with E-state index in [9.17, 15) is 4.79 Å². The Balaban J connectivity index is 1.30. The molecule has 2 saturated heterocycles. The van der Waals surface area contributed by atoms with Crippen LogP contribution < -0.4 is 0 Å². The van der Waals surface area contributed by atoms with Crippen LogP contribution >= 0.6 is 0 Å². The van der Waals surface area contributed by atoms with E-state index in [1.165, 1.54) is 5.56 Å². The molecule has 0 radical (unpaired) electrons. The van der Waals surface area contributed by atoms with Gasteiger partial charge in [-0.3, -0.25) is 9.69 Å². The molecule has 1 amide bonds. The standard InChI is InChI=1S/C23H28N4O3/c28-20(27-11-14-29-15-12-27)17-26-9-7-23(8-10-26)21-19(6-13-30-23)16-24-22(25-21)18-4-2-1-3-5-18/h1-5,16H,6-15,17H2. The van der Waals surface area contributed by atoms with E-state index in [2.05, 4.69) is 9.88 Å². The molecule has 3 aliphatic rings. The summed E-state index contributed by atoms with van der Waals surface area (Å²) in [7, 11) is 0. The molecule has 0 unspecified atom stereocenters. The van der Waals surface area contributed by atoms with Crippen LogP contribution in [0.4, 0.5) is 0 Å². The van der Waals surface area contributed by atoms with Gasteiger partial charge in [-0.15, -0.1) is 0 Å². The van der Waals surface area contributed by atoms with Gasteiger partial charge in [0.05, 0.1) is 32.1 Å². The number of carbonyl (C=O) groups excluding carboxylic acids is 1. The minimum atomic E-state index is -0.363. The summed E-state index contributed by atoms with van der Waals surface area (Å²) in [5.74, 6) is 0.956. The minimum Gasteiger partial charge on any atom is -0.378 e. The molecule has 1 aromatic carbocycles. The fourth-order valence-electron chi connectivity index (χ4n) is 4.69. The average molecular weight is 409 g/mol. The number of aromatic nitrogens is 2. The smallest absolute Gasteiger partial charge is 0.236 e. The van der Waals surface area contributed by atoms with Crippen molar-refractivity contribution in [2.24, 2.45) is 0 Å². The normalized spacial score (nSPS) is 21.4. The SMILES string of the molecule is O=C(CN1CCC2(CC1)OCCc1cnc(-c3ccccc3)nc12)N1CCOCC1. The Morgan fingerprint density at radius 2 is 1.80 bits per heavy atom. The first-order chi connectivity index (χ1) is 14.7. The molecule has 3 aliphatic heterocycles. The second kappa shape index (κ2) is 8.41. The predicted octanol–water partition coefficient (Wildman–Crippen LogP) is 1.87. The van der Waals surface area contributed by atoms with Crippen LogP contribution in [0, 0.1) is 0 Å². The fraction of sp³-hybridized carbons (Fsp3) is 0.522. The molecule has 0 N–H and O–H groups in total. The van der Waals surface area contributed by atoms with Crippen LogP contribution in [0.2, 0.25) is 0 Å². The summed E-state index contributed by atoms with van der Waals surface area (Å²) in [5, 5.41) is 0. The van der Waals surface area contributed by atoms with Gasteiger partial charge < -0.3 is 14.4 Å². The second-order valence-electron chi connectivity index (χ2n) is 8.30. The number of hydrogen-bond acceptors (Lipinski definition) is 6. The number of hydrogen-bond donors (Lipinski definition) is 0. The maximum Gasteiger partial charge on any atom is 0.236 e. The first-order valence-corrected chi connectivity index (χ1v) is 10.9. The van der Waals surface area contributed by atoms with Gasteiger partial charge in [-0.2, -0.15) is 0 Å². The van der Waals surface area contributed by atoms with Gasteiger partial charge in [0.1, 0.15) is 5.60 Å². The number of nitrogens with zero attached hydrogens (tertiary/aromatic N) is 4. The lowest BCUT2D eigenvalue weighted by molar-refractivity contribution is -0.139. The Labute approximate surface area is 177 Å². The number of benzene rings is 1. The van der Waals surface area contributed by atoms with Crippen LogP contribution in [-0.2, 0) is 26.3 Å². The van der Waals surface area contributed by atoms with E-state index in [1.54, 1.807) is 0 Å². The lowest BCUT2D eigenvalue weighted by Gasteiger charge is -2.44.